The van der Waals surface area contributed by atoms with Crippen LogP contribution in [0.3, 0.4) is 0 Å². The van der Waals surface area contributed by atoms with Crippen LogP contribution in [0.1, 0.15) is 20.3 Å². The molecule has 1 rings (SSSR count). The highest BCUT2D eigenvalue weighted by molar-refractivity contribution is 6.71. The standard InChI is InChI=1S/C10H18OSi/c1-5-12(3,4)11-10-7-6-9(2)8-10/h6,8H,5,7H2,1-4H3. The third-order valence-electron chi connectivity index (χ3n) is 2.27. The van der Waals surface area contributed by atoms with E-state index in [1.165, 1.54) is 17.4 Å². The highest BCUT2D eigenvalue weighted by Gasteiger charge is 2.22. The summed E-state index contributed by atoms with van der Waals surface area (Å²) in [5.41, 5.74) is 1.34. The number of allylic oxidation sites excluding steroid dienone is 3. The molecule has 68 valence electrons. The smallest absolute Gasteiger partial charge is 0.244 e. The van der Waals surface area contributed by atoms with Crippen LogP contribution >= 0.6 is 0 Å². The maximum Gasteiger partial charge on any atom is 0.244 e. The van der Waals surface area contributed by atoms with Crippen molar-refractivity contribution in [3.05, 3.63) is 23.5 Å². The van der Waals surface area contributed by atoms with Crippen molar-refractivity contribution in [2.75, 3.05) is 0 Å². The van der Waals surface area contributed by atoms with Gasteiger partial charge < -0.3 is 4.43 Å². The minimum atomic E-state index is -1.37. The van der Waals surface area contributed by atoms with Gasteiger partial charge in [0.05, 0.1) is 5.76 Å². The first-order valence-electron chi connectivity index (χ1n) is 4.60. The number of rotatable bonds is 3. The van der Waals surface area contributed by atoms with E-state index in [0.29, 0.717) is 0 Å². The molecule has 12 heavy (non-hydrogen) atoms. The van der Waals surface area contributed by atoms with Gasteiger partial charge in [-0.15, -0.1) is 0 Å². The number of hydrogen-bond acceptors (Lipinski definition) is 1. The van der Waals surface area contributed by atoms with Crippen molar-refractivity contribution in [3.63, 3.8) is 0 Å². The molecule has 0 spiro atoms. The largest absolute Gasteiger partial charge is 0.547 e. The molecule has 0 saturated heterocycles. The zero-order valence-electron chi connectivity index (χ0n) is 8.48. The van der Waals surface area contributed by atoms with Crippen LogP contribution in [-0.4, -0.2) is 8.32 Å². The van der Waals surface area contributed by atoms with E-state index in [1.54, 1.807) is 0 Å². The summed E-state index contributed by atoms with van der Waals surface area (Å²) < 4.78 is 5.97. The molecule has 0 aromatic rings. The van der Waals surface area contributed by atoms with Gasteiger partial charge in [0.2, 0.25) is 8.32 Å². The Morgan fingerprint density at radius 1 is 1.50 bits per heavy atom. The van der Waals surface area contributed by atoms with E-state index in [9.17, 15) is 0 Å². The van der Waals surface area contributed by atoms with Crippen LogP contribution in [0.25, 0.3) is 0 Å². The Balaban J connectivity index is 2.49. The van der Waals surface area contributed by atoms with E-state index in [2.05, 4.69) is 39.1 Å². The summed E-state index contributed by atoms with van der Waals surface area (Å²) in [6.07, 6.45) is 5.38. The summed E-state index contributed by atoms with van der Waals surface area (Å²) in [5, 5.41) is 0. The number of hydrogen-bond donors (Lipinski definition) is 0. The summed E-state index contributed by atoms with van der Waals surface area (Å²) in [4.78, 5) is 0. The van der Waals surface area contributed by atoms with Gasteiger partial charge in [0.25, 0.3) is 0 Å². The van der Waals surface area contributed by atoms with Crippen LogP contribution in [0, 0.1) is 0 Å². The van der Waals surface area contributed by atoms with Crippen LogP contribution in [0.5, 0.6) is 0 Å². The highest BCUT2D eigenvalue weighted by atomic mass is 28.4. The molecule has 0 fully saturated rings. The predicted octanol–water partition coefficient (Wildman–Crippen LogP) is 3.46. The van der Waals surface area contributed by atoms with E-state index >= 15 is 0 Å². The molecule has 1 aliphatic rings. The lowest BCUT2D eigenvalue weighted by molar-refractivity contribution is 0.409. The van der Waals surface area contributed by atoms with E-state index < -0.39 is 8.32 Å². The van der Waals surface area contributed by atoms with Crippen LogP contribution < -0.4 is 0 Å². The van der Waals surface area contributed by atoms with Gasteiger partial charge in [0.15, 0.2) is 0 Å². The van der Waals surface area contributed by atoms with Crippen LogP contribution in [0.4, 0.5) is 0 Å². The normalized spacial score (nSPS) is 17.3. The van der Waals surface area contributed by atoms with Gasteiger partial charge in [0, 0.05) is 6.42 Å². The topological polar surface area (TPSA) is 9.23 Å². The molecule has 0 saturated carbocycles. The fourth-order valence-corrected chi connectivity index (χ4v) is 2.13. The third kappa shape index (κ3) is 2.52. The molecular weight excluding hydrogens is 164 g/mol. The van der Waals surface area contributed by atoms with Crippen LogP contribution in [-0.2, 0) is 4.43 Å². The Morgan fingerprint density at radius 2 is 2.17 bits per heavy atom. The van der Waals surface area contributed by atoms with Crippen molar-refractivity contribution in [2.45, 2.75) is 39.4 Å². The Morgan fingerprint density at radius 3 is 2.58 bits per heavy atom. The lowest BCUT2D eigenvalue weighted by atomic mass is 10.3. The van der Waals surface area contributed by atoms with Crippen LogP contribution in [0.15, 0.2) is 23.5 Å². The summed E-state index contributed by atoms with van der Waals surface area (Å²) in [6.45, 7) is 8.86. The van der Waals surface area contributed by atoms with Gasteiger partial charge in [-0.1, -0.05) is 18.6 Å². The second kappa shape index (κ2) is 3.48. The third-order valence-corrected chi connectivity index (χ3v) is 4.79. The Hall–Kier alpha value is -0.503. The molecular formula is C10H18OSi. The average Bonchev–Trinajstić information content (AvgIpc) is 2.35. The summed E-state index contributed by atoms with van der Waals surface area (Å²) in [7, 11) is -1.37. The van der Waals surface area contributed by atoms with Gasteiger partial charge in [-0.05, 0) is 32.1 Å². The van der Waals surface area contributed by atoms with Gasteiger partial charge in [-0.25, -0.2) is 0 Å². The molecule has 1 nitrogen and oxygen atoms in total. The fourth-order valence-electron chi connectivity index (χ4n) is 1.13. The maximum atomic E-state index is 5.97. The zero-order chi connectivity index (χ0) is 9.19. The Labute approximate surface area is 76.3 Å². The van der Waals surface area contributed by atoms with E-state index in [4.69, 9.17) is 4.43 Å². The molecule has 0 radical (unpaired) electrons. The van der Waals surface area contributed by atoms with Gasteiger partial charge >= 0.3 is 0 Å². The molecule has 0 unspecified atom stereocenters. The minimum absolute atomic E-state index is 1.00. The maximum absolute atomic E-state index is 5.97. The van der Waals surface area contributed by atoms with Crippen molar-refractivity contribution in [3.8, 4) is 0 Å². The SMILES string of the molecule is CC[Si](C)(C)OC1=CC(C)=CC1. The Kier molecular flexibility index (Phi) is 2.78. The van der Waals surface area contributed by atoms with Crippen molar-refractivity contribution < 1.29 is 4.43 Å². The van der Waals surface area contributed by atoms with Crippen molar-refractivity contribution in [2.24, 2.45) is 0 Å². The average molecular weight is 182 g/mol. The van der Waals surface area contributed by atoms with Crippen molar-refractivity contribution in [1.82, 2.24) is 0 Å². The first-order chi connectivity index (χ1) is 5.53. The summed E-state index contributed by atoms with van der Waals surface area (Å²) >= 11 is 0. The molecule has 0 amide bonds. The van der Waals surface area contributed by atoms with Crippen molar-refractivity contribution >= 4 is 8.32 Å². The minimum Gasteiger partial charge on any atom is -0.547 e. The zero-order valence-corrected chi connectivity index (χ0v) is 9.48. The molecule has 0 aromatic carbocycles. The monoisotopic (exact) mass is 182 g/mol. The summed E-state index contributed by atoms with van der Waals surface area (Å²) in [5.74, 6) is 1.17. The lowest BCUT2D eigenvalue weighted by Crippen LogP contribution is -2.28. The molecule has 0 atom stereocenters. The second-order valence-corrected chi connectivity index (χ2v) is 8.41. The molecule has 0 aromatic heterocycles. The predicted molar refractivity (Wildman–Crippen MR) is 55.5 cm³/mol. The lowest BCUT2D eigenvalue weighted by Gasteiger charge is -2.23. The molecule has 0 N–H and O–H groups in total. The van der Waals surface area contributed by atoms with Gasteiger partial charge in [0.1, 0.15) is 0 Å². The quantitative estimate of drug-likeness (QED) is 0.607. The Bertz CT molecular complexity index is 226. The molecule has 0 bridgehead atoms. The highest BCUT2D eigenvalue weighted by Crippen LogP contribution is 2.23. The van der Waals surface area contributed by atoms with E-state index in [1.807, 2.05) is 0 Å². The second-order valence-electron chi connectivity index (χ2n) is 3.98. The van der Waals surface area contributed by atoms with Gasteiger partial charge in [-0.3, -0.25) is 0 Å². The molecule has 0 aliphatic heterocycles. The van der Waals surface area contributed by atoms with Crippen molar-refractivity contribution in [1.29, 1.82) is 0 Å². The first kappa shape index (κ1) is 9.58. The fraction of sp³-hybridized carbons (Fsp3) is 0.600. The summed E-state index contributed by atoms with van der Waals surface area (Å²) in [6, 6.07) is 1.18. The molecule has 2 heteroatoms. The van der Waals surface area contributed by atoms with E-state index in [0.717, 1.165) is 6.42 Å². The van der Waals surface area contributed by atoms with E-state index in [-0.39, 0.29) is 0 Å². The molecule has 0 heterocycles. The van der Waals surface area contributed by atoms with Crippen LogP contribution in [0.2, 0.25) is 19.1 Å². The first-order valence-corrected chi connectivity index (χ1v) is 7.71. The molecule has 1 aliphatic carbocycles. The van der Waals surface area contributed by atoms with Gasteiger partial charge in [-0.2, -0.15) is 0 Å².